The van der Waals surface area contributed by atoms with Gasteiger partial charge in [-0.05, 0) is 54.1 Å². The lowest BCUT2D eigenvalue weighted by Gasteiger charge is -2.11. The van der Waals surface area contributed by atoms with Gasteiger partial charge >= 0.3 is 0 Å². The molecule has 1 heterocycles. The van der Waals surface area contributed by atoms with Crippen molar-refractivity contribution < 1.29 is 4.79 Å². The minimum Gasteiger partial charge on any atom is -0.325 e. The molecule has 4 heteroatoms. The van der Waals surface area contributed by atoms with Crippen molar-refractivity contribution in [3.05, 3.63) is 27.8 Å². The van der Waals surface area contributed by atoms with Crippen LogP contribution in [0, 0.1) is 3.57 Å². The van der Waals surface area contributed by atoms with Crippen molar-refractivity contribution in [2.24, 2.45) is 0 Å². The standard InChI is InChI=1S/C12H15IN2O/c13-10-5-1-2-6-11(10)15-12(16)8-9-4-3-7-14-9/h1-2,5-6,9,14H,3-4,7-8H2,(H,15,16). The summed E-state index contributed by atoms with van der Waals surface area (Å²) in [7, 11) is 0. The molecule has 1 aliphatic rings. The summed E-state index contributed by atoms with van der Waals surface area (Å²) >= 11 is 2.23. The van der Waals surface area contributed by atoms with Crippen LogP contribution in [0.25, 0.3) is 0 Å². The topological polar surface area (TPSA) is 41.1 Å². The molecule has 1 fully saturated rings. The summed E-state index contributed by atoms with van der Waals surface area (Å²) in [5.41, 5.74) is 0.908. The van der Waals surface area contributed by atoms with Crippen molar-refractivity contribution in [2.75, 3.05) is 11.9 Å². The maximum Gasteiger partial charge on any atom is 0.225 e. The van der Waals surface area contributed by atoms with Gasteiger partial charge in [-0.1, -0.05) is 12.1 Å². The Bertz CT molecular complexity index is 375. The van der Waals surface area contributed by atoms with Crippen LogP contribution in [0.15, 0.2) is 24.3 Å². The first-order valence-electron chi connectivity index (χ1n) is 5.53. The SMILES string of the molecule is O=C(CC1CCCN1)Nc1ccccc1I. The highest BCUT2D eigenvalue weighted by Crippen LogP contribution is 2.18. The Hall–Kier alpha value is -0.620. The molecular formula is C12H15IN2O. The lowest BCUT2D eigenvalue weighted by molar-refractivity contribution is -0.116. The van der Waals surface area contributed by atoms with E-state index in [0.717, 1.165) is 22.2 Å². The number of halogens is 1. The molecule has 86 valence electrons. The first-order valence-corrected chi connectivity index (χ1v) is 6.61. The van der Waals surface area contributed by atoms with Crippen molar-refractivity contribution in [1.29, 1.82) is 0 Å². The quantitative estimate of drug-likeness (QED) is 0.836. The van der Waals surface area contributed by atoms with Gasteiger partial charge in [0.15, 0.2) is 0 Å². The van der Waals surface area contributed by atoms with Gasteiger partial charge < -0.3 is 10.6 Å². The molecule has 1 aromatic carbocycles. The molecule has 0 spiro atoms. The number of rotatable bonds is 3. The molecule has 0 saturated carbocycles. The van der Waals surface area contributed by atoms with Gasteiger partial charge in [-0.3, -0.25) is 4.79 Å². The van der Waals surface area contributed by atoms with Crippen LogP contribution >= 0.6 is 22.6 Å². The van der Waals surface area contributed by atoms with E-state index in [1.165, 1.54) is 6.42 Å². The van der Waals surface area contributed by atoms with E-state index in [1.807, 2.05) is 24.3 Å². The zero-order valence-electron chi connectivity index (χ0n) is 9.00. The van der Waals surface area contributed by atoms with Gasteiger partial charge in [0.25, 0.3) is 0 Å². The van der Waals surface area contributed by atoms with E-state index in [9.17, 15) is 4.79 Å². The van der Waals surface area contributed by atoms with E-state index < -0.39 is 0 Å². The lowest BCUT2D eigenvalue weighted by atomic mass is 10.1. The Labute approximate surface area is 109 Å². The molecule has 16 heavy (non-hydrogen) atoms. The van der Waals surface area contributed by atoms with Crippen molar-refractivity contribution >= 4 is 34.2 Å². The van der Waals surface area contributed by atoms with Crippen LogP contribution in [0.3, 0.4) is 0 Å². The summed E-state index contributed by atoms with van der Waals surface area (Å²) in [4.78, 5) is 11.8. The molecule has 2 rings (SSSR count). The molecule has 1 unspecified atom stereocenters. The van der Waals surface area contributed by atoms with Crippen LogP contribution in [-0.4, -0.2) is 18.5 Å². The third-order valence-electron chi connectivity index (χ3n) is 2.74. The molecule has 0 bridgehead atoms. The normalized spacial score (nSPS) is 19.7. The highest BCUT2D eigenvalue weighted by Gasteiger charge is 2.17. The highest BCUT2D eigenvalue weighted by molar-refractivity contribution is 14.1. The number of carbonyl (C=O) groups is 1. The second kappa shape index (κ2) is 5.63. The number of benzene rings is 1. The molecule has 0 aliphatic carbocycles. The van der Waals surface area contributed by atoms with E-state index in [-0.39, 0.29) is 5.91 Å². The summed E-state index contributed by atoms with van der Waals surface area (Å²) in [5, 5.41) is 6.28. The third kappa shape index (κ3) is 3.18. The van der Waals surface area contributed by atoms with Crippen LogP contribution in [-0.2, 0) is 4.79 Å². The molecule has 1 atom stereocenters. The first kappa shape index (κ1) is 11.9. The van der Waals surface area contributed by atoms with Gasteiger partial charge in [-0.25, -0.2) is 0 Å². The average molecular weight is 330 g/mol. The molecule has 1 aromatic rings. The van der Waals surface area contributed by atoms with E-state index in [0.29, 0.717) is 12.5 Å². The number of hydrogen-bond acceptors (Lipinski definition) is 2. The van der Waals surface area contributed by atoms with Crippen LogP contribution in [0.4, 0.5) is 5.69 Å². The fourth-order valence-electron chi connectivity index (χ4n) is 1.92. The highest BCUT2D eigenvalue weighted by atomic mass is 127. The number of para-hydroxylation sites is 1. The number of hydrogen-bond donors (Lipinski definition) is 2. The second-order valence-electron chi connectivity index (χ2n) is 4.03. The number of amides is 1. The summed E-state index contributed by atoms with van der Waals surface area (Å²) in [6, 6.07) is 8.19. The lowest BCUT2D eigenvalue weighted by Crippen LogP contribution is -2.27. The molecule has 1 aliphatic heterocycles. The van der Waals surface area contributed by atoms with Crippen molar-refractivity contribution in [1.82, 2.24) is 5.32 Å². The van der Waals surface area contributed by atoms with E-state index in [2.05, 4.69) is 33.2 Å². The Morgan fingerprint density at radius 2 is 2.31 bits per heavy atom. The smallest absolute Gasteiger partial charge is 0.225 e. The zero-order valence-corrected chi connectivity index (χ0v) is 11.2. The Balaban J connectivity index is 1.89. The maximum atomic E-state index is 11.8. The fourth-order valence-corrected chi connectivity index (χ4v) is 2.44. The van der Waals surface area contributed by atoms with Gasteiger partial charge in [0.2, 0.25) is 5.91 Å². The summed E-state index contributed by atoms with van der Waals surface area (Å²) in [6.07, 6.45) is 2.87. The van der Waals surface area contributed by atoms with E-state index >= 15 is 0 Å². The molecule has 1 saturated heterocycles. The molecule has 1 amide bonds. The van der Waals surface area contributed by atoms with Gasteiger partial charge in [0.05, 0.1) is 5.69 Å². The first-order chi connectivity index (χ1) is 7.75. The summed E-state index contributed by atoms with van der Waals surface area (Å²) < 4.78 is 1.08. The molecule has 0 aromatic heterocycles. The van der Waals surface area contributed by atoms with Crippen LogP contribution in [0.2, 0.25) is 0 Å². The average Bonchev–Trinajstić information content (AvgIpc) is 2.74. The molecule has 0 radical (unpaired) electrons. The molecular weight excluding hydrogens is 315 g/mol. The Kier molecular flexibility index (Phi) is 4.17. The maximum absolute atomic E-state index is 11.8. The van der Waals surface area contributed by atoms with Crippen molar-refractivity contribution in [3.8, 4) is 0 Å². The minimum absolute atomic E-state index is 0.100. The monoisotopic (exact) mass is 330 g/mol. The van der Waals surface area contributed by atoms with Crippen LogP contribution in [0.1, 0.15) is 19.3 Å². The van der Waals surface area contributed by atoms with Crippen molar-refractivity contribution in [2.45, 2.75) is 25.3 Å². The predicted octanol–water partition coefficient (Wildman–Crippen LogP) is 2.37. The Morgan fingerprint density at radius 1 is 1.50 bits per heavy atom. The third-order valence-corrected chi connectivity index (χ3v) is 3.68. The number of nitrogens with one attached hydrogen (secondary N) is 2. The number of anilines is 1. The zero-order chi connectivity index (χ0) is 11.4. The fraction of sp³-hybridized carbons (Fsp3) is 0.417. The largest absolute Gasteiger partial charge is 0.325 e. The molecule has 2 N–H and O–H groups in total. The van der Waals surface area contributed by atoms with Crippen molar-refractivity contribution in [3.63, 3.8) is 0 Å². The minimum atomic E-state index is 0.100. The number of carbonyl (C=O) groups excluding carboxylic acids is 1. The van der Waals surface area contributed by atoms with Crippen LogP contribution < -0.4 is 10.6 Å². The summed E-state index contributed by atoms with van der Waals surface area (Å²) in [6.45, 7) is 1.04. The van der Waals surface area contributed by atoms with Gasteiger partial charge in [-0.2, -0.15) is 0 Å². The van der Waals surface area contributed by atoms with Crippen LogP contribution in [0.5, 0.6) is 0 Å². The van der Waals surface area contributed by atoms with Gasteiger partial charge in [0.1, 0.15) is 0 Å². The predicted molar refractivity (Wildman–Crippen MR) is 73.4 cm³/mol. The Morgan fingerprint density at radius 3 is 3.00 bits per heavy atom. The van der Waals surface area contributed by atoms with E-state index in [4.69, 9.17) is 0 Å². The van der Waals surface area contributed by atoms with Gasteiger partial charge in [-0.15, -0.1) is 0 Å². The van der Waals surface area contributed by atoms with E-state index in [1.54, 1.807) is 0 Å². The summed E-state index contributed by atoms with van der Waals surface area (Å²) in [5.74, 6) is 0.100. The second-order valence-corrected chi connectivity index (χ2v) is 5.19. The molecule has 3 nitrogen and oxygen atoms in total. The van der Waals surface area contributed by atoms with Gasteiger partial charge in [0, 0.05) is 16.0 Å².